The molecule has 3 rings (SSSR count). The van der Waals surface area contributed by atoms with Crippen molar-refractivity contribution in [2.45, 2.75) is 0 Å². The van der Waals surface area contributed by atoms with Crippen molar-refractivity contribution in [3.63, 3.8) is 0 Å². The van der Waals surface area contributed by atoms with Crippen LogP contribution in [0.5, 0.6) is 0 Å². The molecule has 0 saturated carbocycles. The second-order valence-electron chi connectivity index (χ2n) is 3.78. The van der Waals surface area contributed by atoms with Crippen LogP contribution >= 0.6 is 0 Å². The van der Waals surface area contributed by atoms with E-state index in [0.717, 1.165) is 20.9 Å². The fourth-order valence-electron chi connectivity index (χ4n) is 2.22. The molecule has 17 heavy (non-hydrogen) atoms. The third kappa shape index (κ3) is 1.27. The number of hydrogen-bond acceptors (Lipinski definition) is 2. The first-order valence-electron chi connectivity index (χ1n) is 5.18. The predicted octanol–water partition coefficient (Wildman–Crippen LogP) is 2.05. The number of carbonyl (C=O) groups excluding carboxylic acids is 2. The highest BCUT2D eigenvalue weighted by Gasteiger charge is 2.11. The van der Waals surface area contributed by atoms with Crippen LogP contribution in [0.1, 0.15) is 10.4 Å². The van der Waals surface area contributed by atoms with Crippen LogP contribution in [0.15, 0.2) is 47.5 Å². The van der Waals surface area contributed by atoms with Gasteiger partial charge in [-0.3, -0.25) is 4.79 Å². The van der Waals surface area contributed by atoms with Gasteiger partial charge in [-0.1, -0.05) is 36.4 Å². The van der Waals surface area contributed by atoms with Gasteiger partial charge in [0.05, 0.1) is 5.56 Å². The summed E-state index contributed by atoms with van der Waals surface area (Å²) in [5, 5.41) is 4.08. The Morgan fingerprint density at radius 3 is 2.41 bits per heavy atom. The summed E-state index contributed by atoms with van der Waals surface area (Å²) in [4.78, 5) is 24.9. The van der Waals surface area contributed by atoms with Crippen LogP contribution in [-0.4, -0.2) is 12.0 Å². The summed E-state index contributed by atoms with van der Waals surface area (Å²) in [6.07, 6.45) is 1.29. The van der Waals surface area contributed by atoms with E-state index in [2.05, 4.69) is 4.99 Å². The Hall–Kier alpha value is -2.51. The van der Waals surface area contributed by atoms with E-state index < -0.39 is 5.91 Å². The summed E-state index contributed by atoms with van der Waals surface area (Å²) in [6, 6.07) is 13.3. The van der Waals surface area contributed by atoms with Crippen LogP contribution in [0, 0.1) is 20.9 Å². The lowest BCUT2D eigenvalue weighted by atomic mass is 9.97. The zero-order valence-electron chi connectivity index (χ0n) is 8.81. The van der Waals surface area contributed by atoms with E-state index in [9.17, 15) is 9.59 Å². The topological polar surface area (TPSA) is 46.5 Å². The van der Waals surface area contributed by atoms with Crippen molar-refractivity contribution in [2.24, 2.45) is 4.99 Å². The molecule has 1 aliphatic carbocycles. The lowest BCUT2D eigenvalue weighted by Crippen LogP contribution is -2.02. The number of benzene rings is 2. The highest BCUT2D eigenvalue weighted by Crippen LogP contribution is 2.17. The molecule has 2 aromatic rings. The molecule has 80 valence electrons. The molecule has 0 atom stereocenters. The Kier molecular flexibility index (Phi) is 2.00. The maximum Gasteiger partial charge on any atom is 0.288 e. The first kappa shape index (κ1) is 9.70. The number of rotatable bonds is 1. The van der Waals surface area contributed by atoms with Crippen LogP contribution in [0.25, 0.3) is 0 Å². The van der Waals surface area contributed by atoms with Gasteiger partial charge in [0.25, 0.3) is 5.91 Å². The fraction of sp³-hybridized carbons (Fsp3) is 0. The largest absolute Gasteiger partial charge is 0.288 e. The predicted molar refractivity (Wildman–Crippen MR) is 60.7 cm³/mol. The smallest absolute Gasteiger partial charge is 0.266 e. The summed E-state index contributed by atoms with van der Waals surface area (Å²) in [7, 11) is 0. The molecular weight excluding hydrogens is 214 g/mol. The Labute approximate surface area is 96.1 Å². The van der Waals surface area contributed by atoms with Gasteiger partial charge < -0.3 is 0 Å². The number of hydrogen-bond donors (Lipinski definition) is 0. The van der Waals surface area contributed by atoms with Crippen molar-refractivity contribution < 1.29 is 9.59 Å². The molecule has 0 aromatic heterocycles. The van der Waals surface area contributed by atoms with Crippen LogP contribution < -0.4 is 0 Å². The molecule has 0 aliphatic heterocycles. The number of isocyanates is 1. The van der Waals surface area contributed by atoms with E-state index in [1.165, 1.54) is 6.08 Å². The average Bonchev–Trinajstić information content (AvgIpc) is 2.35. The van der Waals surface area contributed by atoms with Gasteiger partial charge in [0.15, 0.2) is 0 Å². The summed E-state index contributed by atoms with van der Waals surface area (Å²) in [5.74, 6) is -0.536. The standard InChI is InChI=1S/C14H7NO2/c16-8-15-14(17)12-7-3-6-11-9-4-1-2-5-10(9)13(11)12/h1-7H. The molecule has 0 radical (unpaired) electrons. The molecule has 1 amide bonds. The molecule has 0 unspecified atom stereocenters. The number of carbonyl (C=O) groups is 1. The third-order valence-electron chi connectivity index (χ3n) is 2.93. The van der Waals surface area contributed by atoms with Gasteiger partial charge in [-0.2, -0.15) is 0 Å². The van der Waals surface area contributed by atoms with E-state index in [0.29, 0.717) is 5.56 Å². The lowest BCUT2D eigenvalue weighted by Gasteiger charge is -2.06. The normalized spacial score (nSPS) is 10.6. The summed E-state index contributed by atoms with van der Waals surface area (Å²) in [6.45, 7) is 0. The van der Waals surface area contributed by atoms with E-state index >= 15 is 0 Å². The number of fused-ring (bicyclic) bond motifs is 2. The maximum absolute atomic E-state index is 11.6. The quantitative estimate of drug-likeness (QED) is 0.466. The Morgan fingerprint density at radius 2 is 1.65 bits per heavy atom. The monoisotopic (exact) mass is 221 g/mol. The zero-order chi connectivity index (χ0) is 11.8. The molecule has 1 aliphatic rings. The molecule has 0 saturated heterocycles. The van der Waals surface area contributed by atoms with Crippen molar-refractivity contribution in [1.82, 2.24) is 0 Å². The van der Waals surface area contributed by atoms with Gasteiger partial charge in [-0.15, -0.1) is 4.99 Å². The zero-order valence-corrected chi connectivity index (χ0v) is 8.81. The summed E-state index contributed by atoms with van der Waals surface area (Å²) < 4.78 is 0. The highest BCUT2D eigenvalue weighted by atomic mass is 16.2. The van der Waals surface area contributed by atoms with Gasteiger partial charge in [-0.05, 0) is 21.7 Å². The Bertz CT molecular complexity index is 862. The van der Waals surface area contributed by atoms with Gasteiger partial charge >= 0.3 is 0 Å². The van der Waals surface area contributed by atoms with Crippen molar-refractivity contribution in [3.05, 3.63) is 68.9 Å². The summed E-state index contributed by atoms with van der Waals surface area (Å²) in [5.41, 5.74) is 0.463. The summed E-state index contributed by atoms with van der Waals surface area (Å²) >= 11 is 0. The van der Waals surface area contributed by atoms with Crippen LogP contribution in [-0.2, 0) is 4.79 Å². The minimum Gasteiger partial charge on any atom is -0.266 e. The van der Waals surface area contributed by atoms with Gasteiger partial charge in [-0.25, -0.2) is 4.79 Å². The van der Waals surface area contributed by atoms with Gasteiger partial charge in [0, 0.05) is 5.22 Å². The molecule has 0 fully saturated rings. The molecule has 0 spiro atoms. The molecule has 0 N–H and O–H groups in total. The first-order valence-corrected chi connectivity index (χ1v) is 5.18. The first-order chi connectivity index (χ1) is 8.33. The van der Waals surface area contributed by atoms with Gasteiger partial charge in [0.2, 0.25) is 6.08 Å². The fourth-order valence-corrected chi connectivity index (χ4v) is 2.22. The lowest BCUT2D eigenvalue weighted by molar-refractivity contribution is 0.100. The van der Waals surface area contributed by atoms with Crippen LogP contribution in [0.3, 0.4) is 0 Å². The van der Waals surface area contributed by atoms with E-state index in [4.69, 9.17) is 0 Å². The second-order valence-corrected chi connectivity index (χ2v) is 3.78. The minimum atomic E-state index is -0.536. The molecule has 2 aromatic carbocycles. The third-order valence-corrected chi connectivity index (χ3v) is 2.93. The molecule has 3 heteroatoms. The molecule has 0 heterocycles. The number of amides is 1. The minimum absolute atomic E-state index is 0.463. The SMILES string of the molecule is O=C=NC(=O)c1cccc2c1=c1ccccc1=2. The van der Waals surface area contributed by atoms with Crippen molar-refractivity contribution in [3.8, 4) is 0 Å². The Morgan fingerprint density at radius 1 is 0.941 bits per heavy atom. The van der Waals surface area contributed by atoms with Gasteiger partial charge in [0.1, 0.15) is 0 Å². The van der Waals surface area contributed by atoms with E-state index in [-0.39, 0.29) is 0 Å². The van der Waals surface area contributed by atoms with Crippen LogP contribution in [0.2, 0.25) is 0 Å². The number of nitrogens with zero attached hydrogens (tertiary/aromatic N) is 1. The number of aliphatic imine (C=N–C) groups is 1. The average molecular weight is 221 g/mol. The molecule has 3 nitrogen and oxygen atoms in total. The maximum atomic E-state index is 11.6. The van der Waals surface area contributed by atoms with Crippen LogP contribution in [0.4, 0.5) is 0 Å². The van der Waals surface area contributed by atoms with Crippen molar-refractivity contribution in [2.75, 3.05) is 0 Å². The molecular formula is C14H7NO2. The van der Waals surface area contributed by atoms with E-state index in [1.807, 2.05) is 30.3 Å². The Balaban J connectivity index is 2.45. The highest BCUT2D eigenvalue weighted by molar-refractivity contribution is 5.97. The van der Waals surface area contributed by atoms with E-state index in [1.54, 1.807) is 12.1 Å². The second kappa shape index (κ2) is 3.51. The molecule has 0 bridgehead atoms. The van der Waals surface area contributed by atoms with Crippen molar-refractivity contribution >= 4 is 12.0 Å². The van der Waals surface area contributed by atoms with Crippen molar-refractivity contribution in [1.29, 1.82) is 0 Å².